The number of hydrogen-bond acceptors (Lipinski definition) is 3. The van der Waals surface area contributed by atoms with Crippen molar-refractivity contribution in [2.45, 2.75) is 12.8 Å². The summed E-state index contributed by atoms with van der Waals surface area (Å²) in [6.07, 6.45) is 6.36. The molecule has 2 rings (SSSR count). The maximum atomic E-state index is 11.4. The van der Waals surface area contributed by atoms with Gasteiger partial charge in [0.15, 0.2) is 0 Å². The molecule has 2 aliphatic rings. The van der Waals surface area contributed by atoms with Crippen LogP contribution in [-0.4, -0.2) is 50.2 Å². The van der Waals surface area contributed by atoms with Crippen molar-refractivity contribution in [2.24, 2.45) is 5.92 Å². The predicted octanol–water partition coefficient (Wildman–Crippen LogP) is 0.115. The molecule has 1 heterocycles. The summed E-state index contributed by atoms with van der Waals surface area (Å²) < 4.78 is 0. The molecule has 0 aromatic carbocycles. The molecule has 5 nitrogen and oxygen atoms in total. The van der Waals surface area contributed by atoms with Crippen LogP contribution in [0.5, 0.6) is 0 Å². The number of piperazine rings is 1. The van der Waals surface area contributed by atoms with E-state index in [9.17, 15) is 4.79 Å². The van der Waals surface area contributed by atoms with Gasteiger partial charge in [-0.05, 0) is 18.8 Å². The number of carbonyl (C=O) groups is 1. The Hall–Kier alpha value is -1.07. The number of nitrogens with one attached hydrogen (secondary N) is 3. The van der Waals surface area contributed by atoms with E-state index in [-0.39, 0.29) is 6.03 Å². The van der Waals surface area contributed by atoms with Crippen molar-refractivity contribution in [2.75, 3.05) is 39.3 Å². The van der Waals surface area contributed by atoms with Crippen LogP contribution in [0.3, 0.4) is 0 Å². The first-order valence-electron chi connectivity index (χ1n) is 6.49. The van der Waals surface area contributed by atoms with Gasteiger partial charge in [0.1, 0.15) is 0 Å². The Morgan fingerprint density at radius 2 is 2.12 bits per heavy atom. The summed E-state index contributed by atoms with van der Waals surface area (Å²) in [5.41, 5.74) is 0. The molecule has 17 heavy (non-hydrogen) atoms. The molecule has 0 aromatic rings. The molecule has 2 fully saturated rings. The Morgan fingerprint density at radius 1 is 1.35 bits per heavy atom. The average molecular weight is 238 g/mol. The summed E-state index contributed by atoms with van der Waals surface area (Å²) in [6, 6.07) is -0.1000. The molecule has 0 radical (unpaired) electrons. The summed E-state index contributed by atoms with van der Waals surface area (Å²) >= 11 is 0. The van der Waals surface area contributed by atoms with Gasteiger partial charge in [-0.15, -0.1) is 0 Å². The summed E-state index contributed by atoms with van der Waals surface area (Å²) in [5.74, 6) is 0.705. The highest BCUT2D eigenvalue weighted by atomic mass is 16.2. The lowest BCUT2D eigenvalue weighted by Crippen LogP contribution is -2.46. The van der Waals surface area contributed by atoms with Crippen LogP contribution in [-0.2, 0) is 0 Å². The number of carbonyl (C=O) groups excluding carboxylic acids is 1. The standard InChI is InChI=1S/C12H22N4O/c17-12(14-4-3-11-1-2-11)15-7-10-16-8-5-13-6-9-16/h3-4,11,13H,1-2,5-10H2,(H2,14,15,17)/b4-3+. The minimum Gasteiger partial charge on any atom is -0.337 e. The van der Waals surface area contributed by atoms with Gasteiger partial charge in [0.2, 0.25) is 0 Å². The van der Waals surface area contributed by atoms with Gasteiger partial charge in [-0.3, -0.25) is 4.90 Å². The van der Waals surface area contributed by atoms with Crippen molar-refractivity contribution < 1.29 is 4.79 Å². The van der Waals surface area contributed by atoms with Gasteiger partial charge in [-0.1, -0.05) is 6.08 Å². The van der Waals surface area contributed by atoms with Crippen LogP contribution < -0.4 is 16.0 Å². The molecule has 1 aliphatic carbocycles. The minimum absolute atomic E-state index is 0.1000. The lowest BCUT2D eigenvalue weighted by molar-refractivity contribution is 0.229. The monoisotopic (exact) mass is 238 g/mol. The molecule has 2 amide bonds. The molecule has 0 aromatic heterocycles. The molecule has 1 saturated heterocycles. The zero-order valence-corrected chi connectivity index (χ0v) is 10.2. The zero-order valence-electron chi connectivity index (χ0n) is 10.2. The van der Waals surface area contributed by atoms with Crippen LogP contribution in [0.15, 0.2) is 12.3 Å². The van der Waals surface area contributed by atoms with E-state index in [4.69, 9.17) is 0 Å². The molecule has 0 bridgehead atoms. The van der Waals surface area contributed by atoms with E-state index in [1.165, 1.54) is 12.8 Å². The Bertz CT molecular complexity index is 270. The second-order valence-electron chi connectivity index (χ2n) is 4.69. The van der Waals surface area contributed by atoms with Crippen molar-refractivity contribution >= 4 is 6.03 Å². The van der Waals surface area contributed by atoms with Crippen molar-refractivity contribution in [1.29, 1.82) is 0 Å². The number of nitrogens with zero attached hydrogens (tertiary/aromatic N) is 1. The van der Waals surface area contributed by atoms with Crippen LogP contribution in [0.2, 0.25) is 0 Å². The first-order valence-corrected chi connectivity index (χ1v) is 6.49. The topological polar surface area (TPSA) is 56.4 Å². The van der Waals surface area contributed by atoms with E-state index in [1.807, 2.05) is 0 Å². The smallest absolute Gasteiger partial charge is 0.318 e. The highest BCUT2D eigenvalue weighted by Gasteiger charge is 2.17. The molecule has 1 aliphatic heterocycles. The SMILES string of the molecule is O=C(N/C=C/C1CC1)NCCN1CCNCC1. The number of amides is 2. The van der Waals surface area contributed by atoms with Crippen LogP contribution in [0.1, 0.15) is 12.8 Å². The van der Waals surface area contributed by atoms with E-state index in [2.05, 4.69) is 26.9 Å². The predicted molar refractivity (Wildman–Crippen MR) is 67.7 cm³/mol. The van der Waals surface area contributed by atoms with Gasteiger partial charge in [0, 0.05) is 45.5 Å². The van der Waals surface area contributed by atoms with E-state index in [1.54, 1.807) is 6.20 Å². The van der Waals surface area contributed by atoms with Crippen molar-refractivity contribution in [3.63, 3.8) is 0 Å². The van der Waals surface area contributed by atoms with Gasteiger partial charge in [-0.2, -0.15) is 0 Å². The Kier molecular flexibility index (Phi) is 4.82. The second kappa shape index (κ2) is 6.61. The normalized spacial score (nSPS) is 21.6. The lowest BCUT2D eigenvalue weighted by atomic mass is 10.3. The Morgan fingerprint density at radius 3 is 2.82 bits per heavy atom. The molecular formula is C12H22N4O. The molecule has 0 unspecified atom stereocenters. The maximum Gasteiger partial charge on any atom is 0.318 e. The summed E-state index contributed by atoms with van der Waals surface area (Å²) in [4.78, 5) is 13.7. The largest absolute Gasteiger partial charge is 0.337 e. The number of urea groups is 1. The van der Waals surface area contributed by atoms with Crippen LogP contribution in [0.25, 0.3) is 0 Å². The molecule has 3 N–H and O–H groups in total. The fourth-order valence-electron chi connectivity index (χ4n) is 1.86. The summed E-state index contributed by atoms with van der Waals surface area (Å²) in [5, 5.41) is 8.90. The number of rotatable bonds is 5. The highest BCUT2D eigenvalue weighted by Crippen LogP contribution is 2.29. The van der Waals surface area contributed by atoms with Gasteiger partial charge in [0.25, 0.3) is 0 Å². The first-order chi connectivity index (χ1) is 8.34. The highest BCUT2D eigenvalue weighted by molar-refractivity contribution is 5.74. The van der Waals surface area contributed by atoms with E-state index in [0.29, 0.717) is 12.5 Å². The van der Waals surface area contributed by atoms with Crippen molar-refractivity contribution in [3.8, 4) is 0 Å². The van der Waals surface area contributed by atoms with Crippen LogP contribution in [0.4, 0.5) is 4.79 Å². The first kappa shape index (κ1) is 12.4. The molecule has 5 heteroatoms. The minimum atomic E-state index is -0.1000. The van der Waals surface area contributed by atoms with Gasteiger partial charge in [-0.25, -0.2) is 4.79 Å². The third-order valence-corrected chi connectivity index (χ3v) is 3.13. The van der Waals surface area contributed by atoms with Gasteiger partial charge < -0.3 is 16.0 Å². The molecular weight excluding hydrogens is 216 g/mol. The third kappa shape index (κ3) is 5.19. The fraction of sp³-hybridized carbons (Fsp3) is 0.750. The Balaban J connectivity index is 1.49. The lowest BCUT2D eigenvalue weighted by Gasteiger charge is -2.26. The zero-order chi connectivity index (χ0) is 11.9. The molecule has 96 valence electrons. The van der Waals surface area contributed by atoms with Gasteiger partial charge in [0.05, 0.1) is 0 Å². The van der Waals surface area contributed by atoms with Crippen LogP contribution >= 0.6 is 0 Å². The van der Waals surface area contributed by atoms with E-state index < -0.39 is 0 Å². The maximum absolute atomic E-state index is 11.4. The number of allylic oxidation sites excluding steroid dienone is 1. The molecule has 0 atom stereocenters. The molecule has 0 spiro atoms. The quantitative estimate of drug-likeness (QED) is 0.637. The van der Waals surface area contributed by atoms with Crippen LogP contribution in [0, 0.1) is 5.92 Å². The van der Waals surface area contributed by atoms with E-state index >= 15 is 0 Å². The summed E-state index contributed by atoms with van der Waals surface area (Å²) in [7, 11) is 0. The van der Waals surface area contributed by atoms with Crippen molar-refractivity contribution in [3.05, 3.63) is 12.3 Å². The summed E-state index contributed by atoms with van der Waals surface area (Å²) in [6.45, 7) is 5.90. The third-order valence-electron chi connectivity index (χ3n) is 3.13. The number of hydrogen-bond donors (Lipinski definition) is 3. The van der Waals surface area contributed by atoms with E-state index in [0.717, 1.165) is 32.7 Å². The van der Waals surface area contributed by atoms with Gasteiger partial charge >= 0.3 is 6.03 Å². The molecule has 1 saturated carbocycles. The fourth-order valence-corrected chi connectivity index (χ4v) is 1.86. The van der Waals surface area contributed by atoms with Crippen molar-refractivity contribution in [1.82, 2.24) is 20.9 Å². The average Bonchev–Trinajstić information content (AvgIpc) is 3.14. The second-order valence-corrected chi connectivity index (χ2v) is 4.69. The Labute approximate surface area is 103 Å².